The number of aryl methyl sites for hydroxylation is 1. The van der Waals surface area contributed by atoms with Gasteiger partial charge in [0.25, 0.3) is 0 Å². The number of nitrogens with one attached hydrogen (secondary N) is 1. The summed E-state index contributed by atoms with van der Waals surface area (Å²) in [5.74, 6) is 0.252. The molecule has 1 heterocycles. The minimum atomic E-state index is -0.279. The number of aromatic nitrogens is 1. The molecule has 4 nitrogen and oxygen atoms in total. The molecular formula is C15H22N2O2. The number of rotatable bonds is 5. The van der Waals surface area contributed by atoms with Crippen LogP contribution in [0.3, 0.4) is 0 Å². The highest BCUT2D eigenvalue weighted by molar-refractivity contribution is 5.74. The van der Waals surface area contributed by atoms with Crippen LogP contribution in [0.2, 0.25) is 0 Å². The summed E-state index contributed by atoms with van der Waals surface area (Å²) in [5.41, 5.74) is 2.71. The van der Waals surface area contributed by atoms with Crippen molar-refractivity contribution in [2.75, 3.05) is 7.05 Å². The van der Waals surface area contributed by atoms with Gasteiger partial charge in [0.2, 0.25) is 0 Å². The first-order valence-corrected chi connectivity index (χ1v) is 6.92. The van der Waals surface area contributed by atoms with Crippen molar-refractivity contribution in [2.45, 2.75) is 39.8 Å². The van der Waals surface area contributed by atoms with E-state index in [-0.39, 0.29) is 11.8 Å². The SMILES string of the molecule is CCC(C)C(NC)c1ccc2c(c1)oc(=O)n2CC. The van der Waals surface area contributed by atoms with Crippen LogP contribution in [0.5, 0.6) is 0 Å². The first-order valence-electron chi connectivity index (χ1n) is 6.92. The molecule has 0 aliphatic rings. The highest BCUT2D eigenvalue weighted by Crippen LogP contribution is 2.26. The number of fused-ring (bicyclic) bond motifs is 1. The van der Waals surface area contributed by atoms with E-state index in [9.17, 15) is 4.79 Å². The lowest BCUT2D eigenvalue weighted by Gasteiger charge is -2.22. The quantitative estimate of drug-likeness (QED) is 0.901. The van der Waals surface area contributed by atoms with Gasteiger partial charge in [0, 0.05) is 12.6 Å². The molecule has 4 heteroatoms. The first kappa shape index (κ1) is 13.9. The van der Waals surface area contributed by atoms with Gasteiger partial charge in [-0.15, -0.1) is 0 Å². The number of hydrogen-bond acceptors (Lipinski definition) is 3. The zero-order chi connectivity index (χ0) is 14.0. The second-order valence-electron chi connectivity index (χ2n) is 4.99. The third-order valence-corrected chi connectivity index (χ3v) is 3.89. The Hall–Kier alpha value is -1.55. The van der Waals surface area contributed by atoms with Gasteiger partial charge >= 0.3 is 5.76 Å². The van der Waals surface area contributed by atoms with E-state index >= 15 is 0 Å². The molecule has 0 aliphatic heterocycles. The van der Waals surface area contributed by atoms with Crippen LogP contribution in [0, 0.1) is 5.92 Å². The molecule has 1 aromatic heterocycles. The predicted molar refractivity (Wildman–Crippen MR) is 77.4 cm³/mol. The van der Waals surface area contributed by atoms with Gasteiger partial charge in [-0.05, 0) is 37.6 Å². The summed E-state index contributed by atoms with van der Waals surface area (Å²) in [6, 6.07) is 6.32. The molecule has 2 aromatic rings. The van der Waals surface area contributed by atoms with E-state index < -0.39 is 0 Å². The molecule has 0 spiro atoms. The zero-order valence-corrected chi connectivity index (χ0v) is 12.1. The van der Waals surface area contributed by atoms with Gasteiger partial charge in [-0.25, -0.2) is 4.79 Å². The molecule has 0 fully saturated rings. The van der Waals surface area contributed by atoms with Crippen molar-refractivity contribution >= 4 is 11.1 Å². The molecule has 0 saturated heterocycles. The second kappa shape index (κ2) is 5.61. The van der Waals surface area contributed by atoms with E-state index in [0.29, 0.717) is 18.0 Å². The Labute approximate surface area is 113 Å². The van der Waals surface area contributed by atoms with Crippen LogP contribution in [-0.4, -0.2) is 11.6 Å². The molecular weight excluding hydrogens is 240 g/mol. The van der Waals surface area contributed by atoms with Gasteiger partial charge in [-0.1, -0.05) is 26.3 Å². The lowest BCUT2D eigenvalue weighted by molar-refractivity contribution is 0.400. The average molecular weight is 262 g/mol. The second-order valence-corrected chi connectivity index (χ2v) is 4.99. The smallest absolute Gasteiger partial charge is 0.408 e. The van der Waals surface area contributed by atoms with Crippen molar-refractivity contribution in [1.29, 1.82) is 0 Å². The molecule has 2 atom stereocenters. The summed E-state index contributed by atoms with van der Waals surface area (Å²) in [4.78, 5) is 11.7. The summed E-state index contributed by atoms with van der Waals surface area (Å²) in [7, 11) is 1.97. The summed E-state index contributed by atoms with van der Waals surface area (Å²) < 4.78 is 6.97. The maximum atomic E-state index is 11.7. The Morgan fingerprint density at radius 3 is 2.68 bits per heavy atom. The molecule has 1 N–H and O–H groups in total. The summed E-state index contributed by atoms with van der Waals surface area (Å²) >= 11 is 0. The minimum Gasteiger partial charge on any atom is -0.408 e. The van der Waals surface area contributed by atoms with Crippen molar-refractivity contribution in [3.8, 4) is 0 Å². The Bertz CT molecular complexity index is 612. The molecule has 104 valence electrons. The molecule has 2 rings (SSSR count). The van der Waals surface area contributed by atoms with Gasteiger partial charge in [0.15, 0.2) is 5.58 Å². The maximum absolute atomic E-state index is 11.7. The fourth-order valence-electron chi connectivity index (χ4n) is 2.59. The largest absolute Gasteiger partial charge is 0.419 e. The van der Waals surface area contributed by atoms with E-state index in [1.807, 2.05) is 26.1 Å². The van der Waals surface area contributed by atoms with Gasteiger partial charge in [0.1, 0.15) is 0 Å². The molecule has 2 unspecified atom stereocenters. The molecule has 0 amide bonds. The fraction of sp³-hybridized carbons (Fsp3) is 0.533. The van der Waals surface area contributed by atoms with Crippen LogP contribution in [-0.2, 0) is 6.54 Å². The highest BCUT2D eigenvalue weighted by atomic mass is 16.4. The van der Waals surface area contributed by atoms with Gasteiger partial charge in [-0.2, -0.15) is 0 Å². The highest BCUT2D eigenvalue weighted by Gasteiger charge is 2.17. The van der Waals surface area contributed by atoms with Crippen molar-refractivity contribution < 1.29 is 4.42 Å². The topological polar surface area (TPSA) is 47.2 Å². The van der Waals surface area contributed by atoms with Crippen LogP contribution in [0.4, 0.5) is 0 Å². The van der Waals surface area contributed by atoms with E-state index in [4.69, 9.17) is 4.42 Å². The van der Waals surface area contributed by atoms with E-state index in [0.717, 1.165) is 11.9 Å². The lowest BCUT2D eigenvalue weighted by atomic mass is 9.92. The minimum absolute atomic E-state index is 0.279. The maximum Gasteiger partial charge on any atom is 0.419 e. The summed E-state index contributed by atoms with van der Waals surface area (Å²) in [5, 5.41) is 3.34. The third-order valence-electron chi connectivity index (χ3n) is 3.89. The Morgan fingerprint density at radius 1 is 1.37 bits per heavy atom. The van der Waals surface area contributed by atoms with Crippen molar-refractivity contribution in [1.82, 2.24) is 9.88 Å². The van der Waals surface area contributed by atoms with E-state index in [2.05, 4.69) is 25.2 Å². The summed E-state index contributed by atoms with van der Waals surface area (Å²) in [6.07, 6.45) is 1.10. The average Bonchev–Trinajstić information content (AvgIpc) is 2.73. The van der Waals surface area contributed by atoms with Crippen LogP contribution in [0.15, 0.2) is 27.4 Å². The van der Waals surface area contributed by atoms with E-state index in [1.54, 1.807) is 4.57 Å². The number of benzene rings is 1. The van der Waals surface area contributed by atoms with Gasteiger partial charge < -0.3 is 9.73 Å². The standard InChI is InChI=1S/C15H22N2O2/c1-5-10(3)14(16-4)11-7-8-12-13(9-11)19-15(18)17(12)6-2/h7-10,14,16H,5-6H2,1-4H3. The monoisotopic (exact) mass is 262 g/mol. The number of oxazole rings is 1. The summed E-state index contributed by atoms with van der Waals surface area (Å²) in [6.45, 7) is 6.98. The zero-order valence-electron chi connectivity index (χ0n) is 12.1. The van der Waals surface area contributed by atoms with Crippen LogP contribution in [0.25, 0.3) is 11.1 Å². The van der Waals surface area contributed by atoms with Gasteiger partial charge in [0.05, 0.1) is 5.52 Å². The number of nitrogens with zero attached hydrogens (tertiary/aromatic N) is 1. The first-order chi connectivity index (χ1) is 9.12. The fourth-order valence-corrected chi connectivity index (χ4v) is 2.59. The van der Waals surface area contributed by atoms with Crippen molar-refractivity contribution in [3.05, 3.63) is 34.3 Å². The molecule has 0 saturated carbocycles. The normalized spacial score (nSPS) is 14.7. The van der Waals surface area contributed by atoms with Crippen LogP contribution >= 0.6 is 0 Å². The van der Waals surface area contributed by atoms with E-state index in [1.165, 1.54) is 5.56 Å². The lowest BCUT2D eigenvalue weighted by Crippen LogP contribution is -2.23. The molecule has 0 radical (unpaired) electrons. The molecule has 19 heavy (non-hydrogen) atoms. The molecule has 0 aliphatic carbocycles. The van der Waals surface area contributed by atoms with Crippen molar-refractivity contribution in [3.63, 3.8) is 0 Å². The van der Waals surface area contributed by atoms with Gasteiger partial charge in [-0.3, -0.25) is 4.57 Å². The molecule has 1 aromatic carbocycles. The number of hydrogen-bond donors (Lipinski definition) is 1. The van der Waals surface area contributed by atoms with Crippen LogP contribution in [0.1, 0.15) is 38.8 Å². The Kier molecular flexibility index (Phi) is 4.10. The Morgan fingerprint density at radius 2 is 2.11 bits per heavy atom. The Balaban J connectivity index is 2.49. The third kappa shape index (κ3) is 2.45. The molecule has 0 bridgehead atoms. The van der Waals surface area contributed by atoms with Crippen LogP contribution < -0.4 is 11.1 Å². The van der Waals surface area contributed by atoms with Crippen molar-refractivity contribution in [2.24, 2.45) is 5.92 Å². The predicted octanol–water partition coefficient (Wildman–Crippen LogP) is 2.92.